The molecule has 0 radical (unpaired) electrons. The first kappa shape index (κ1) is 13.6. The van der Waals surface area contributed by atoms with Crippen molar-refractivity contribution in [2.24, 2.45) is 5.92 Å². The molecule has 1 aromatic carbocycles. The fourth-order valence-electron chi connectivity index (χ4n) is 3.20. The van der Waals surface area contributed by atoms with Crippen LogP contribution in [0.25, 0.3) is 0 Å². The maximum Gasteiger partial charge on any atom is 0.352 e. The Bertz CT molecular complexity index is 634. The zero-order valence-corrected chi connectivity index (χ0v) is 11.3. The lowest BCUT2D eigenvalue weighted by molar-refractivity contribution is -0.162. The number of carbonyl (C=O) groups excluding carboxylic acids is 1. The number of fused-ring (bicyclic) bond motifs is 1. The van der Waals surface area contributed by atoms with Crippen LogP contribution in [0.1, 0.15) is 18.4 Å². The van der Waals surface area contributed by atoms with Gasteiger partial charge in [-0.3, -0.25) is 4.79 Å². The molecule has 0 aliphatic carbocycles. The number of benzene rings is 1. The normalized spacial score (nSPS) is 28.7. The lowest BCUT2D eigenvalue weighted by atomic mass is 9.76. The number of phenols is 1. The third-order valence-electron chi connectivity index (χ3n) is 4.17. The number of carboxylic acid groups (broad SMARTS) is 1. The summed E-state index contributed by atoms with van der Waals surface area (Å²) in [6, 6.07) is 6.05. The van der Waals surface area contributed by atoms with E-state index in [1.807, 2.05) is 0 Å². The van der Waals surface area contributed by atoms with Gasteiger partial charge in [-0.05, 0) is 30.7 Å². The second-order valence-electron chi connectivity index (χ2n) is 5.44. The molecule has 2 aliphatic rings. The molecule has 1 amide bonds. The van der Waals surface area contributed by atoms with E-state index in [-0.39, 0.29) is 29.3 Å². The van der Waals surface area contributed by atoms with Crippen molar-refractivity contribution in [1.82, 2.24) is 4.90 Å². The maximum absolute atomic E-state index is 12.1. The number of hydrogen-bond acceptors (Lipinski definition) is 4. The molecule has 6 nitrogen and oxygen atoms in total. The molecule has 4 atom stereocenters. The van der Waals surface area contributed by atoms with Gasteiger partial charge in [0.05, 0.1) is 18.1 Å². The van der Waals surface area contributed by atoms with E-state index in [0.717, 1.165) is 5.56 Å². The number of nitrogens with zero attached hydrogens (tertiary/aromatic N) is 1. The van der Waals surface area contributed by atoms with Crippen LogP contribution >= 0.6 is 0 Å². The number of aliphatic hydroxyl groups excluding tert-OH is 1. The second-order valence-corrected chi connectivity index (χ2v) is 5.44. The zero-order valence-electron chi connectivity index (χ0n) is 11.3. The number of aromatic hydroxyl groups is 1. The third-order valence-corrected chi connectivity index (χ3v) is 4.17. The van der Waals surface area contributed by atoms with E-state index >= 15 is 0 Å². The van der Waals surface area contributed by atoms with Crippen molar-refractivity contribution >= 4 is 11.9 Å². The molecule has 3 N–H and O–H groups in total. The maximum atomic E-state index is 12.1. The van der Waals surface area contributed by atoms with Crippen LogP contribution in [-0.2, 0) is 9.59 Å². The molecule has 0 aromatic heterocycles. The minimum absolute atomic E-state index is 0.0417. The molecular formula is C15H15NO5. The van der Waals surface area contributed by atoms with Gasteiger partial charge in [0.25, 0.3) is 0 Å². The molecular weight excluding hydrogens is 274 g/mol. The van der Waals surface area contributed by atoms with E-state index in [0.29, 0.717) is 0 Å². The third kappa shape index (κ3) is 1.91. The van der Waals surface area contributed by atoms with Crippen LogP contribution in [0.2, 0.25) is 0 Å². The Balaban J connectivity index is 2.00. The smallest absolute Gasteiger partial charge is 0.352 e. The predicted molar refractivity (Wildman–Crippen MR) is 72.4 cm³/mol. The quantitative estimate of drug-likeness (QED) is 0.710. The van der Waals surface area contributed by atoms with Crippen LogP contribution < -0.4 is 0 Å². The van der Waals surface area contributed by atoms with Crippen molar-refractivity contribution in [2.45, 2.75) is 25.0 Å². The molecule has 1 fully saturated rings. The fourth-order valence-corrected chi connectivity index (χ4v) is 3.20. The van der Waals surface area contributed by atoms with Gasteiger partial charge in [-0.15, -0.1) is 0 Å². The van der Waals surface area contributed by atoms with Crippen LogP contribution in [0.5, 0.6) is 5.75 Å². The topological polar surface area (TPSA) is 98.1 Å². The molecule has 110 valence electrons. The van der Waals surface area contributed by atoms with Crippen molar-refractivity contribution in [3.63, 3.8) is 0 Å². The monoisotopic (exact) mass is 289 g/mol. The number of amides is 1. The van der Waals surface area contributed by atoms with Crippen LogP contribution in [0.4, 0.5) is 0 Å². The van der Waals surface area contributed by atoms with E-state index in [1.165, 1.54) is 24.0 Å². The highest BCUT2D eigenvalue weighted by Gasteiger charge is 2.58. The van der Waals surface area contributed by atoms with E-state index in [4.69, 9.17) is 0 Å². The number of carbonyl (C=O) groups is 2. The van der Waals surface area contributed by atoms with Crippen LogP contribution in [-0.4, -0.2) is 44.2 Å². The number of phenolic OH excluding ortho intramolecular Hbond substituents is 1. The van der Waals surface area contributed by atoms with Gasteiger partial charge in [0, 0.05) is 5.92 Å². The summed E-state index contributed by atoms with van der Waals surface area (Å²) in [5, 5.41) is 28.3. The Morgan fingerprint density at radius 3 is 2.43 bits per heavy atom. The van der Waals surface area contributed by atoms with Gasteiger partial charge < -0.3 is 20.2 Å². The first-order chi connectivity index (χ1) is 9.91. The largest absolute Gasteiger partial charge is 0.508 e. The van der Waals surface area contributed by atoms with Gasteiger partial charge in [-0.1, -0.05) is 12.1 Å². The molecule has 0 spiro atoms. The van der Waals surface area contributed by atoms with Gasteiger partial charge >= 0.3 is 5.97 Å². The number of β-lactam (4-membered cyclic amide) rings is 1. The number of rotatable bonds is 3. The van der Waals surface area contributed by atoms with E-state index in [2.05, 4.69) is 0 Å². The van der Waals surface area contributed by atoms with Gasteiger partial charge in [0.15, 0.2) is 0 Å². The van der Waals surface area contributed by atoms with E-state index in [1.54, 1.807) is 18.2 Å². The van der Waals surface area contributed by atoms with Crippen LogP contribution in [0.3, 0.4) is 0 Å². The molecule has 21 heavy (non-hydrogen) atoms. The molecule has 0 bridgehead atoms. The first-order valence-corrected chi connectivity index (χ1v) is 6.67. The summed E-state index contributed by atoms with van der Waals surface area (Å²) in [5.41, 5.74) is 0.761. The molecule has 1 unspecified atom stereocenters. The standard InChI is InChI=1S/C15H15NO5/c1-7(17)12-13-10(8-2-4-9(18)5-3-8)6-11(15(20)21)16(13)14(12)19/h2-7,10,12-13,17-18H,1H3,(H,20,21)/t7-,10?,12-,13-/m1/s1. The van der Waals surface area contributed by atoms with Crippen LogP contribution in [0, 0.1) is 5.92 Å². The Kier molecular flexibility index (Phi) is 2.98. The average molecular weight is 289 g/mol. The highest BCUT2D eigenvalue weighted by molar-refractivity contribution is 5.99. The Hall–Kier alpha value is -2.34. The summed E-state index contributed by atoms with van der Waals surface area (Å²) in [7, 11) is 0. The lowest BCUT2D eigenvalue weighted by Crippen LogP contribution is -2.63. The first-order valence-electron chi connectivity index (χ1n) is 6.67. The number of aliphatic carboxylic acids is 1. The van der Waals surface area contributed by atoms with Gasteiger partial charge in [-0.25, -0.2) is 4.79 Å². The van der Waals surface area contributed by atoms with E-state index in [9.17, 15) is 24.9 Å². The predicted octanol–water partition coefficient (Wildman–Crippen LogP) is 0.666. The van der Waals surface area contributed by atoms with E-state index < -0.39 is 18.0 Å². The Labute approximate surface area is 120 Å². The summed E-state index contributed by atoms with van der Waals surface area (Å²) in [6.45, 7) is 1.53. The highest BCUT2D eigenvalue weighted by Crippen LogP contribution is 2.47. The molecule has 2 heterocycles. The fraction of sp³-hybridized carbons (Fsp3) is 0.333. The summed E-state index contributed by atoms with van der Waals surface area (Å²) in [4.78, 5) is 24.6. The zero-order chi connectivity index (χ0) is 15.3. The molecule has 1 saturated heterocycles. The SMILES string of the molecule is C[C@@H](O)[C@H]1C(=O)N2C(C(=O)O)=CC(c3ccc(O)cc3)[C@H]12. The van der Waals surface area contributed by atoms with Crippen molar-refractivity contribution in [3.05, 3.63) is 41.6 Å². The molecule has 0 saturated carbocycles. The summed E-state index contributed by atoms with van der Waals surface area (Å²) in [6.07, 6.45) is 0.708. The molecule has 2 aliphatic heterocycles. The van der Waals surface area contributed by atoms with Crippen molar-refractivity contribution in [1.29, 1.82) is 0 Å². The van der Waals surface area contributed by atoms with Crippen molar-refractivity contribution < 1.29 is 24.9 Å². The Morgan fingerprint density at radius 2 is 1.90 bits per heavy atom. The lowest BCUT2D eigenvalue weighted by Gasteiger charge is -2.47. The number of carboxylic acids is 1. The second kappa shape index (κ2) is 4.60. The summed E-state index contributed by atoms with van der Waals surface area (Å²) >= 11 is 0. The average Bonchev–Trinajstić information content (AvgIpc) is 2.74. The van der Waals surface area contributed by atoms with Gasteiger partial charge in [0.1, 0.15) is 11.4 Å². The minimum atomic E-state index is -1.15. The number of hydrogen-bond donors (Lipinski definition) is 3. The highest BCUT2D eigenvalue weighted by atomic mass is 16.4. The molecule has 1 aromatic rings. The minimum Gasteiger partial charge on any atom is -0.508 e. The Morgan fingerprint density at radius 1 is 1.29 bits per heavy atom. The van der Waals surface area contributed by atoms with Crippen LogP contribution in [0.15, 0.2) is 36.0 Å². The number of aliphatic hydroxyl groups is 1. The summed E-state index contributed by atoms with van der Waals surface area (Å²) < 4.78 is 0. The van der Waals surface area contributed by atoms with Crippen molar-refractivity contribution in [2.75, 3.05) is 0 Å². The van der Waals surface area contributed by atoms with Crippen molar-refractivity contribution in [3.8, 4) is 5.75 Å². The van der Waals surface area contributed by atoms with Gasteiger partial charge in [-0.2, -0.15) is 0 Å². The molecule has 6 heteroatoms. The van der Waals surface area contributed by atoms with Gasteiger partial charge in [0.2, 0.25) is 5.91 Å². The summed E-state index contributed by atoms with van der Waals surface area (Å²) in [5.74, 6) is -2.29. The molecule has 3 rings (SSSR count).